The fraction of sp³-hybridized carbons (Fsp3) is 0.0625. The third kappa shape index (κ3) is 4.03. The molecule has 10 aromatic rings. The molecule has 0 atom stereocenters. The zero-order valence-corrected chi connectivity index (χ0v) is 28.5. The Morgan fingerprint density at radius 1 is 0.373 bits per heavy atom. The summed E-state index contributed by atoms with van der Waals surface area (Å²) < 4.78 is 0. The minimum Gasteiger partial charge on any atom is -0.507 e. The number of fused-ring (bicyclic) bond motifs is 4. The molecule has 10 rings (SSSR count). The van der Waals surface area contributed by atoms with E-state index in [4.69, 9.17) is 4.98 Å². The van der Waals surface area contributed by atoms with Crippen molar-refractivity contribution in [3.8, 4) is 45.0 Å². The Kier molecular flexibility index (Phi) is 6.22. The van der Waals surface area contributed by atoms with Crippen LogP contribution in [0.25, 0.3) is 98.1 Å². The summed E-state index contributed by atoms with van der Waals surface area (Å²) in [5.41, 5.74) is 8.13. The van der Waals surface area contributed by atoms with E-state index in [1.54, 1.807) is 6.92 Å². The molecule has 0 saturated carbocycles. The first kappa shape index (κ1) is 29.5. The van der Waals surface area contributed by atoms with Crippen LogP contribution in [-0.4, -0.2) is 15.2 Å². The highest BCUT2D eigenvalue weighted by molar-refractivity contribution is 6.33. The van der Waals surface area contributed by atoms with E-state index in [2.05, 4.69) is 127 Å². The minimum absolute atomic E-state index is 0.129. The molecular weight excluding hydrogens is 623 g/mol. The van der Waals surface area contributed by atoms with Crippen molar-refractivity contribution < 1.29 is 10.2 Å². The molecule has 0 aliphatic heterocycles. The molecule has 0 unspecified atom stereocenters. The number of aromatic hydroxyl groups is 2. The Bertz CT molecular complexity index is 2960. The molecule has 0 amide bonds. The third-order valence-electron chi connectivity index (χ3n) is 11.2. The van der Waals surface area contributed by atoms with Gasteiger partial charge in [-0.05, 0) is 119 Å². The van der Waals surface area contributed by atoms with Gasteiger partial charge in [0.25, 0.3) is 0 Å². The van der Waals surface area contributed by atoms with Crippen molar-refractivity contribution in [1.82, 2.24) is 4.98 Å². The van der Waals surface area contributed by atoms with Crippen LogP contribution in [-0.2, 0) is 0 Å². The Labute approximate surface area is 295 Å². The maximum Gasteiger partial charge on any atom is 0.125 e. The van der Waals surface area contributed by atoms with Crippen molar-refractivity contribution in [2.45, 2.75) is 20.8 Å². The molecule has 2 N–H and O–H groups in total. The largest absolute Gasteiger partial charge is 0.507 e. The number of phenols is 2. The van der Waals surface area contributed by atoms with Crippen molar-refractivity contribution >= 4 is 64.6 Å². The SMILES string of the molecule is Cc1c(O)c(C)c(-c2c3ccccc3c(-c3ccc(-c4c5ccccc5c5ccc6cccc7ccc4c5c76)nc3)c3ccccc23)c(C)c1O. The summed E-state index contributed by atoms with van der Waals surface area (Å²) in [5, 5.41) is 36.5. The van der Waals surface area contributed by atoms with Crippen molar-refractivity contribution in [3.05, 3.63) is 150 Å². The van der Waals surface area contributed by atoms with E-state index in [1.807, 2.05) is 20.0 Å². The van der Waals surface area contributed by atoms with E-state index in [0.29, 0.717) is 5.56 Å². The molecule has 0 aliphatic carbocycles. The van der Waals surface area contributed by atoms with Gasteiger partial charge in [-0.1, -0.05) is 121 Å². The molecule has 0 radical (unpaired) electrons. The lowest BCUT2D eigenvalue weighted by Gasteiger charge is -2.22. The standard InChI is InChI=1S/C48H33NO2/c1-26-41(27(2)48(51)28(3)47(26)50)45-36-17-8-6-15-34(36)43(35-16-7-9-18-37(35)45)31-21-24-40(49-25-31)44-33-14-5-4-13-32(33)38-22-19-29-11-10-12-30-20-23-39(44)46(38)42(29)30/h4-25,50-51H,1-3H3. The predicted molar refractivity (Wildman–Crippen MR) is 214 cm³/mol. The number of aromatic nitrogens is 1. The number of pyridine rings is 1. The van der Waals surface area contributed by atoms with Crippen LogP contribution in [0.2, 0.25) is 0 Å². The molecule has 0 aliphatic rings. The van der Waals surface area contributed by atoms with Gasteiger partial charge in [0, 0.05) is 22.9 Å². The number of hydrogen-bond acceptors (Lipinski definition) is 3. The van der Waals surface area contributed by atoms with Gasteiger partial charge in [-0.3, -0.25) is 4.98 Å². The number of phenolic OH excluding ortho intramolecular Hbond substituents is 2. The zero-order valence-electron chi connectivity index (χ0n) is 28.5. The van der Waals surface area contributed by atoms with E-state index in [0.717, 1.165) is 66.2 Å². The highest BCUT2D eigenvalue weighted by atomic mass is 16.3. The molecule has 1 heterocycles. The van der Waals surface area contributed by atoms with E-state index in [-0.39, 0.29) is 11.5 Å². The van der Waals surface area contributed by atoms with Gasteiger partial charge in [-0.2, -0.15) is 0 Å². The van der Waals surface area contributed by atoms with Gasteiger partial charge in [0.05, 0.1) is 5.69 Å². The normalized spacial score (nSPS) is 12.0. The first-order valence-corrected chi connectivity index (χ1v) is 17.4. The zero-order chi connectivity index (χ0) is 34.5. The van der Waals surface area contributed by atoms with Gasteiger partial charge >= 0.3 is 0 Å². The number of rotatable bonds is 3. The van der Waals surface area contributed by atoms with E-state index < -0.39 is 0 Å². The summed E-state index contributed by atoms with van der Waals surface area (Å²) in [6, 6.07) is 45.6. The van der Waals surface area contributed by atoms with Crippen LogP contribution < -0.4 is 0 Å². The van der Waals surface area contributed by atoms with E-state index >= 15 is 0 Å². The van der Waals surface area contributed by atoms with Crippen LogP contribution in [0.3, 0.4) is 0 Å². The van der Waals surface area contributed by atoms with Gasteiger partial charge < -0.3 is 10.2 Å². The third-order valence-corrected chi connectivity index (χ3v) is 11.2. The fourth-order valence-corrected chi connectivity index (χ4v) is 8.84. The summed E-state index contributed by atoms with van der Waals surface area (Å²) in [6.45, 7) is 5.63. The molecular formula is C48H33NO2. The Morgan fingerprint density at radius 3 is 1.43 bits per heavy atom. The van der Waals surface area contributed by atoms with Crippen LogP contribution in [0.4, 0.5) is 0 Å². The molecule has 0 bridgehead atoms. The van der Waals surface area contributed by atoms with Crippen LogP contribution in [0.15, 0.2) is 134 Å². The second kappa shape index (κ2) is 10.8. The Morgan fingerprint density at radius 2 is 0.882 bits per heavy atom. The van der Waals surface area contributed by atoms with Gasteiger partial charge in [-0.25, -0.2) is 0 Å². The number of nitrogens with zero attached hydrogens (tertiary/aromatic N) is 1. The maximum atomic E-state index is 11.1. The van der Waals surface area contributed by atoms with Gasteiger partial charge in [-0.15, -0.1) is 0 Å². The number of hydrogen-bond donors (Lipinski definition) is 2. The molecule has 0 fully saturated rings. The molecule has 9 aromatic carbocycles. The van der Waals surface area contributed by atoms with E-state index in [9.17, 15) is 10.2 Å². The smallest absolute Gasteiger partial charge is 0.125 e. The van der Waals surface area contributed by atoms with Crippen LogP contribution in [0.5, 0.6) is 11.5 Å². The molecule has 242 valence electrons. The minimum atomic E-state index is 0.129. The first-order chi connectivity index (χ1) is 24.9. The van der Waals surface area contributed by atoms with Crippen LogP contribution in [0, 0.1) is 20.8 Å². The molecule has 51 heavy (non-hydrogen) atoms. The van der Waals surface area contributed by atoms with Crippen molar-refractivity contribution in [2.24, 2.45) is 0 Å². The van der Waals surface area contributed by atoms with Crippen LogP contribution >= 0.6 is 0 Å². The fourth-order valence-electron chi connectivity index (χ4n) is 8.84. The first-order valence-electron chi connectivity index (χ1n) is 17.4. The summed E-state index contributed by atoms with van der Waals surface area (Å²) in [7, 11) is 0. The summed E-state index contributed by atoms with van der Waals surface area (Å²) in [4.78, 5) is 5.25. The molecule has 0 spiro atoms. The average molecular weight is 656 g/mol. The summed E-state index contributed by atoms with van der Waals surface area (Å²) in [6.07, 6.45) is 2.02. The molecule has 1 aromatic heterocycles. The monoisotopic (exact) mass is 655 g/mol. The van der Waals surface area contributed by atoms with E-state index in [1.165, 1.54) is 43.1 Å². The van der Waals surface area contributed by atoms with Crippen molar-refractivity contribution in [1.29, 1.82) is 0 Å². The van der Waals surface area contributed by atoms with Gasteiger partial charge in [0.15, 0.2) is 0 Å². The van der Waals surface area contributed by atoms with Crippen LogP contribution in [0.1, 0.15) is 16.7 Å². The number of benzene rings is 9. The quantitative estimate of drug-likeness (QED) is 0.147. The summed E-state index contributed by atoms with van der Waals surface area (Å²) >= 11 is 0. The highest BCUT2D eigenvalue weighted by Gasteiger charge is 2.24. The van der Waals surface area contributed by atoms with Crippen molar-refractivity contribution in [3.63, 3.8) is 0 Å². The predicted octanol–water partition coefficient (Wildman–Crippen LogP) is 12.8. The highest BCUT2D eigenvalue weighted by Crippen LogP contribution is 2.50. The Hall–Kier alpha value is -6.45. The average Bonchev–Trinajstić information content (AvgIpc) is 3.18. The maximum absolute atomic E-state index is 11.1. The lowest BCUT2D eigenvalue weighted by atomic mass is 9.82. The summed E-state index contributed by atoms with van der Waals surface area (Å²) in [5.74, 6) is 0.258. The molecule has 0 saturated heterocycles. The second-order valence-corrected chi connectivity index (χ2v) is 13.8. The van der Waals surface area contributed by atoms with Crippen molar-refractivity contribution in [2.75, 3.05) is 0 Å². The molecule has 3 heteroatoms. The lowest BCUT2D eigenvalue weighted by molar-refractivity contribution is 0.438. The molecule has 3 nitrogen and oxygen atoms in total. The Balaban J connectivity index is 1.24. The van der Waals surface area contributed by atoms with Gasteiger partial charge in [0.1, 0.15) is 11.5 Å². The topological polar surface area (TPSA) is 53.4 Å². The lowest BCUT2D eigenvalue weighted by Crippen LogP contribution is -1.97. The van der Waals surface area contributed by atoms with Gasteiger partial charge in [0.2, 0.25) is 0 Å². The second-order valence-electron chi connectivity index (χ2n) is 13.8.